The molecule has 0 spiro atoms. The fourth-order valence-electron chi connectivity index (χ4n) is 4.37. The van der Waals surface area contributed by atoms with E-state index in [-0.39, 0.29) is 23.8 Å². The topological polar surface area (TPSA) is 81.8 Å². The normalized spacial score (nSPS) is 29.2. The fraction of sp³-hybridized carbons (Fsp3) is 0.833. The smallest absolute Gasteiger partial charge is 0.237 e. The number of carbonyl (C=O) groups is 3. The first kappa shape index (κ1) is 18.2. The summed E-state index contributed by atoms with van der Waals surface area (Å²) in [7, 11) is 0. The molecule has 3 amide bonds. The Balaban J connectivity index is 1.34. The highest BCUT2D eigenvalue weighted by Crippen LogP contribution is 2.33. The standard InChI is InChI=1S/C18H30N4O3/c1-13(23)21-8-10-22(11-9-21)17(24)6-7-19-18(25)16-12-14-4-2-3-5-15(14)20-16/h14-16,20H,2-12H2,1H3,(H,19,25). The van der Waals surface area contributed by atoms with Crippen LogP contribution in [0.1, 0.15) is 45.4 Å². The van der Waals surface area contributed by atoms with Gasteiger partial charge in [-0.3, -0.25) is 14.4 Å². The van der Waals surface area contributed by atoms with Crippen molar-refractivity contribution in [3.8, 4) is 0 Å². The van der Waals surface area contributed by atoms with Crippen molar-refractivity contribution in [3.63, 3.8) is 0 Å². The van der Waals surface area contributed by atoms with Gasteiger partial charge in [-0.1, -0.05) is 12.8 Å². The summed E-state index contributed by atoms with van der Waals surface area (Å²) in [5.74, 6) is 0.785. The third kappa shape index (κ3) is 4.51. The van der Waals surface area contributed by atoms with E-state index in [2.05, 4.69) is 10.6 Å². The van der Waals surface area contributed by atoms with E-state index in [4.69, 9.17) is 0 Å². The van der Waals surface area contributed by atoms with Crippen molar-refractivity contribution in [2.24, 2.45) is 5.92 Å². The van der Waals surface area contributed by atoms with E-state index in [9.17, 15) is 14.4 Å². The number of hydrogen-bond donors (Lipinski definition) is 2. The molecule has 2 N–H and O–H groups in total. The highest BCUT2D eigenvalue weighted by molar-refractivity contribution is 5.83. The Hall–Kier alpha value is -1.63. The molecule has 0 aromatic heterocycles. The molecule has 3 rings (SSSR count). The Labute approximate surface area is 149 Å². The Bertz CT molecular complexity index is 502. The van der Waals surface area contributed by atoms with Crippen molar-refractivity contribution >= 4 is 17.7 Å². The number of amides is 3. The minimum Gasteiger partial charge on any atom is -0.354 e. The number of rotatable bonds is 4. The Morgan fingerprint density at radius 1 is 1.04 bits per heavy atom. The van der Waals surface area contributed by atoms with Crippen LogP contribution in [-0.2, 0) is 14.4 Å². The second-order valence-corrected chi connectivity index (χ2v) is 7.53. The van der Waals surface area contributed by atoms with Crippen LogP contribution in [0.4, 0.5) is 0 Å². The largest absolute Gasteiger partial charge is 0.354 e. The molecule has 3 atom stereocenters. The molecule has 0 aromatic carbocycles. The van der Waals surface area contributed by atoms with Crippen LogP contribution in [0, 0.1) is 5.92 Å². The molecule has 3 aliphatic rings. The van der Waals surface area contributed by atoms with Crippen molar-refractivity contribution in [3.05, 3.63) is 0 Å². The van der Waals surface area contributed by atoms with Gasteiger partial charge in [0.1, 0.15) is 0 Å². The average Bonchev–Trinajstić information content (AvgIpc) is 3.06. The molecule has 0 aromatic rings. The molecule has 25 heavy (non-hydrogen) atoms. The molecule has 140 valence electrons. The summed E-state index contributed by atoms with van der Waals surface area (Å²) in [5.41, 5.74) is 0. The average molecular weight is 350 g/mol. The zero-order chi connectivity index (χ0) is 17.8. The first-order valence-electron chi connectivity index (χ1n) is 9.61. The second-order valence-electron chi connectivity index (χ2n) is 7.53. The maximum Gasteiger partial charge on any atom is 0.237 e. The Kier molecular flexibility index (Phi) is 5.93. The third-order valence-electron chi connectivity index (χ3n) is 5.90. The Morgan fingerprint density at radius 2 is 1.72 bits per heavy atom. The summed E-state index contributed by atoms with van der Waals surface area (Å²) in [4.78, 5) is 39.4. The molecular weight excluding hydrogens is 320 g/mol. The summed E-state index contributed by atoms with van der Waals surface area (Å²) >= 11 is 0. The van der Waals surface area contributed by atoms with E-state index in [1.165, 1.54) is 25.7 Å². The molecule has 3 fully saturated rings. The fourth-order valence-corrected chi connectivity index (χ4v) is 4.37. The van der Waals surface area contributed by atoms with Crippen molar-refractivity contribution in [1.82, 2.24) is 20.4 Å². The maximum atomic E-state index is 12.3. The van der Waals surface area contributed by atoms with Gasteiger partial charge in [0.25, 0.3) is 0 Å². The van der Waals surface area contributed by atoms with Crippen LogP contribution in [0.5, 0.6) is 0 Å². The van der Waals surface area contributed by atoms with Gasteiger partial charge in [-0.05, 0) is 25.2 Å². The molecular formula is C18H30N4O3. The van der Waals surface area contributed by atoms with Crippen LogP contribution in [0.3, 0.4) is 0 Å². The van der Waals surface area contributed by atoms with Gasteiger partial charge in [-0.2, -0.15) is 0 Å². The second kappa shape index (κ2) is 8.17. The lowest BCUT2D eigenvalue weighted by molar-refractivity contribution is -0.138. The predicted molar refractivity (Wildman–Crippen MR) is 93.7 cm³/mol. The van der Waals surface area contributed by atoms with Gasteiger partial charge in [0.15, 0.2) is 0 Å². The first-order chi connectivity index (χ1) is 12.0. The summed E-state index contributed by atoms with van der Waals surface area (Å²) < 4.78 is 0. The number of nitrogens with one attached hydrogen (secondary N) is 2. The van der Waals surface area contributed by atoms with Crippen LogP contribution in [0.25, 0.3) is 0 Å². The van der Waals surface area contributed by atoms with Crippen LogP contribution >= 0.6 is 0 Å². The molecule has 1 saturated carbocycles. The zero-order valence-corrected chi connectivity index (χ0v) is 15.1. The highest BCUT2D eigenvalue weighted by atomic mass is 16.2. The molecule has 2 aliphatic heterocycles. The predicted octanol–water partition coefficient (Wildman–Crippen LogP) is 0.104. The van der Waals surface area contributed by atoms with Crippen LogP contribution in [0.15, 0.2) is 0 Å². The summed E-state index contributed by atoms with van der Waals surface area (Å²) in [6.07, 6.45) is 6.20. The Morgan fingerprint density at radius 3 is 2.40 bits per heavy atom. The van der Waals surface area contributed by atoms with Crippen LogP contribution in [-0.4, -0.2) is 72.3 Å². The monoisotopic (exact) mass is 350 g/mol. The summed E-state index contributed by atoms with van der Waals surface area (Å²) in [5, 5.41) is 6.38. The maximum absolute atomic E-state index is 12.3. The number of piperazine rings is 1. The van der Waals surface area contributed by atoms with Crippen molar-refractivity contribution in [2.45, 2.75) is 57.5 Å². The molecule has 7 nitrogen and oxygen atoms in total. The van der Waals surface area contributed by atoms with Gasteiger partial charge in [-0.25, -0.2) is 0 Å². The third-order valence-corrected chi connectivity index (χ3v) is 5.90. The number of carbonyl (C=O) groups excluding carboxylic acids is 3. The van der Waals surface area contributed by atoms with Crippen LogP contribution < -0.4 is 10.6 Å². The van der Waals surface area contributed by atoms with E-state index >= 15 is 0 Å². The lowest BCUT2D eigenvalue weighted by Crippen LogP contribution is -2.50. The van der Waals surface area contributed by atoms with Gasteiger partial charge in [-0.15, -0.1) is 0 Å². The van der Waals surface area contributed by atoms with Crippen molar-refractivity contribution < 1.29 is 14.4 Å². The van der Waals surface area contributed by atoms with E-state index < -0.39 is 0 Å². The molecule has 7 heteroatoms. The summed E-state index contributed by atoms with van der Waals surface area (Å²) in [6.45, 7) is 4.31. The number of nitrogens with zero attached hydrogens (tertiary/aromatic N) is 2. The van der Waals surface area contributed by atoms with Gasteiger partial charge in [0.05, 0.1) is 6.04 Å². The molecule has 0 bridgehead atoms. The van der Waals surface area contributed by atoms with Crippen molar-refractivity contribution in [2.75, 3.05) is 32.7 Å². The van der Waals surface area contributed by atoms with Gasteiger partial charge in [0, 0.05) is 52.1 Å². The summed E-state index contributed by atoms with van der Waals surface area (Å²) in [6, 6.07) is 0.408. The SMILES string of the molecule is CC(=O)N1CCN(C(=O)CCNC(=O)C2CC3CCCCC3N2)CC1. The lowest BCUT2D eigenvalue weighted by atomic mass is 9.85. The van der Waals surface area contributed by atoms with E-state index in [1.54, 1.807) is 16.7 Å². The van der Waals surface area contributed by atoms with Crippen molar-refractivity contribution in [1.29, 1.82) is 0 Å². The number of fused-ring (bicyclic) bond motifs is 1. The van der Waals surface area contributed by atoms with E-state index in [1.807, 2.05) is 0 Å². The number of hydrogen-bond acceptors (Lipinski definition) is 4. The molecule has 0 radical (unpaired) electrons. The lowest BCUT2D eigenvalue weighted by Gasteiger charge is -2.34. The van der Waals surface area contributed by atoms with Gasteiger partial charge in [0.2, 0.25) is 17.7 Å². The molecule has 2 saturated heterocycles. The zero-order valence-electron chi connectivity index (χ0n) is 15.1. The van der Waals surface area contributed by atoms with E-state index in [0.717, 1.165) is 6.42 Å². The quantitative estimate of drug-likeness (QED) is 0.754. The molecule has 2 heterocycles. The minimum absolute atomic E-state index is 0.0311. The molecule has 3 unspecified atom stereocenters. The van der Waals surface area contributed by atoms with E-state index in [0.29, 0.717) is 51.1 Å². The first-order valence-corrected chi connectivity index (χ1v) is 9.61. The van der Waals surface area contributed by atoms with Gasteiger partial charge < -0.3 is 20.4 Å². The highest BCUT2D eigenvalue weighted by Gasteiger charge is 2.38. The van der Waals surface area contributed by atoms with Crippen LogP contribution in [0.2, 0.25) is 0 Å². The minimum atomic E-state index is -0.0951. The van der Waals surface area contributed by atoms with Gasteiger partial charge >= 0.3 is 0 Å². The molecule has 1 aliphatic carbocycles.